The van der Waals surface area contributed by atoms with Gasteiger partial charge < -0.3 is 4.74 Å². The summed E-state index contributed by atoms with van der Waals surface area (Å²) in [6, 6.07) is 4.92. The SMILES string of the molecule is CCCC(=O)COc1ccc(Cl)cc1Cl. The van der Waals surface area contributed by atoms with E-state index in [-0.39, 0.29) is 12.4 Å². The molecule has 0 aliphatic rings. The van der Waals surface area contributed by atoms with Crippen molar-refractivity contribution in [1.82, 2.24) is 0 Å². The molecule has 0 aromatic heterocycles. The summed E-state index contributed by atoms with van der Waals surface area (Å²) in [4.78, 5) is 11.2. The van der Waals surface area contributed by atoms with E-state index in [9.17, 15) is 4.79 Å². The van der Waals surface area contributed by atoms with Crippen molar-refractivity contribution in [2.75, 3.05) is 6.61 Å². The predicted molar refractivity (Wildman–Crippen MR) is 61.9 cm³/mol. The minimum absolute atomic E-state index is 0.0647. The molecule has 1 aromatic rings. The molecule has 0 aliphatic heterocycles. The molecule has 1 rings (SSSR count). The van der Waals surface area contributed by atoms with Crippen LogP contribution < -0.4 is 4.74 Å². The maximum absolute atomic E-state index is 11.2. The molecule has 0 amide bonds. The van der Waals surface area contributed by atoms with Gasteiger partial charge in [-0.25, -0.2) is 0 Å². The highest BCUT2D eigenvalue weighted by atomic mass is 35.5. The number of halogens is 2. The maximum atomic E-state index is 11.2. The minimum Gasteiger partial charge on any atom is -0.484 e. The highest BCUT2D eigenvalue weighted by Gasteiger charge is 2.05. The van der Waals surface area contributed by atoms with Gasteiger partial charge in [-0.15, -0.1) is 0 Å². The number of Topliss-reactive ketones (excluding diaryl/α,β-unsaturated/α-hetero) is 1. The van der Waals surface area contributed by atoms with Gasteiger partial charge in [-0.1, -0.05) is 30.1 Å². The molecule has 0 atom stereocenters. The zero-order chi connectivity index (χ0) is 11.3. The van der Waals surface area contributed by atoms with Crippen LogP contribution >= 0.6 is 23.2 Å². The summed E-state index contributed by atoms with van der Waals surface area (Å²) in [7, 11) is 0. The van der Waals surface area contributed by atoms with Crippen LogP contribution in [0.4, 0.5) is 0 Å². The smallest absolute Gasteiger partial charge is 0.170 e. The van der Waals surface area contributed by atoms with Gasteiger partial charge in [0.25, 0.3) is 0 Å². The Morgan fingerprint density at radius 1 is 1.40 bits per heavy atom. The monoisotopic (exact) mass is 246 g/mol. The van der Waals surface area contributed by atoms with Crippen molar-refractivity contribution in [2.45, 2.75) is 19.8 Å². The van der Waals surface area contributed by atoms with E-state index in [2.05, 4.69) is 0 Å². The first kappa shape index (κ1) is 12.3. The van der Waals surface area contributed by atoms with Crippen LogP contribution in [0, 0.1) is 0 Å². The van der Waals surface area contributed by atoms with Crippen molar-refractivity contribution in [3.8, 4) is 5.75 Å². The molecule has 2 nitrogen and oxygen atoms in total. The highest BCUT2D eigenvalue weighted by Crippen LogP contribution is 2.27. The van der Waals surface area contributed by atoms with E-state index in [1.165, 1.54) is 0 Å². The Morgan fingerprint density at radius 3 is 2.73 bits per heavy atom. The Balaban J connectivity index is 2.54. The third kappa shape index (κ3) is 4.10. The highest BCUT2D eigenvalue weighted by molar-refractivity contribution is 6.35. The number of hydrogen-bond acceptors (Lipinski definition) is 2. The van der Waals surface area contributed by atoms with Gasteiger partial charge in [0, 0.05) is 11.4 Å². The van der Waals surface area contributed by atoms with Crippen LogP contribution in [0.15, 0.2) is 18.2 Å². The molecule has 15 heavy (non-hydrogen) atoms. The molecule has 0 N–H and O–H groups in total. The average molecular weight is 247 g/mol. The number of carbonyl (C=O) groups is 1. The van der Waals surface area contributed by atoms with Gasteiger partial charge in [0.05, 0.1) is 5.02 Å². The summed E-state index contributed by atoms with van der Waals surface area (Å²) in [5, 5.41) is 0.971. The summed E-state index contributed by atoms with van der Waals surface area (Å²) >= 11 is 11.6. The molecule has 0 spiro atoms. The molecule has 0 radical (unpaired) electrons. The molecule has 82 valence electrons. The Kier molecular flexibility index (Phi) is 4.92. The van der Waals surface area contributed by atoms with E-state index >= 15 is 0 Å². The largest absolute Gasteiger partial charge is 0.484 e. The molecule has 0 saturated heterocycles. The van der Waals surface area contributed by atoms with E-state index < -0.39 is 0 Å². The number of carbonyl (C=O) groups excluding carboxylic acids is 1. The van der Waals surface area contributed by atoms with E-state index in [0.29, 0.717) is 22.2 Å². The fraction of sp³-hybridized carbons (Fsp3) is 0.364. The zero-order valence-corrected chi connectivity index (χ0v) is 9.94. The Labute approximate surface area is 99.1 Å². The molecule has 0 unspecified atom stereocenters. The fourth-order valence-corrected chi connectivity index (χ4v) is 1.56. The number of ether oxygens (including phenoxy) is 1. The van der Waals surface area contributed by atoms with Crippen molar-refractivity contribution < 1.29 is 9.53 Å². The van der Waals surface area contributed by atoms with Crippen molar-refractivity contribution in [1.29, 1.82) is 0 Å². The fourth-order valence-electron chi connectivity index (χ4n) is 1.10. The van der Waals surface area contributed by atoms with Crippen LogP contribution in [-0.4, -0.2) is 12.4 Å². The second-order valence-electron chi connectivity index (χ2n) is 3.15. The topological polar surface area (TPSA) is 26.3 Å². The Morgan fingerprint density at radius 2 is 2.13 bits per heavy atom. The van der Waals surface area contributed by atoms with Crippen LogP contribution in [0.2, 0.25) is 10.0 Å². The van der Waals surface area contributed by atoms with E-state index in [1.54, 1.807) is 18.2 Å². The first-order valence-electron chi connectivity index (χ1n) is 4.73. The van der Waals surface area contributed by atoms with Gasteiger partial charge in [0.2, 0.25) is 0 Å². The lowest BCUT2D eigenvalue weighted by Gasteiger charge is -2.06. The van der Waals surface area contributed by atoms with Gasteiger partial charge >= 0.3 is 0 Å². The van der Waals surface area contributed by atoms with Crippen LogP contribution in [-0.2, 0) is 4.79 Å². The number of ketones is 1. The number of rotatable bonds is 5. The average Bonchev–Trinajstić information content (AvgIpc) is 2.17. The van der Waals surface area contributed by atoms with E-state index in [4.69, 9.17) is 27.9 Å². The molecule has 0 bridgehead atoms. The quantitative estimate of drug-likeness (QED) is 0.792. The molecule has 4 heteroatoms. The van der Waals surface area contributed by atoms with Gasteiger partial charge in [0.15, 0.2) is 5.78 Å². The Hall–Kier alpha value is -0.730. The molecular formula is C11H12Cl2O2. The first-order chi connectivity index (χ1) is 7.13. The summed E-state index contributed by atoms with van der Waals surface area (Å²) in [5.41, 5.74) is 0. The molecule has 1 aromatic carbocycles. The van der Waals surface area contributed by atoms with Crippen LogP contribution in [0.5, 0.6) is 5.75 Å². The number of hydrogen-bond donors (Lipinski definition) is 0. The second-order valence-corrected chi connectivity index (χ2v) is 4.00. The standard InChI is InChI=1S/C11H12Cl2O2/c1-2-3-9(14)7-15-11-5-4-8(12)6-10(11)13/h4-6H,2-3,7H2,1H3. The molecule has 0 fully saturated rings. The van der Waals surface area contributed by atoms with Gasteiger partial charge in [-0.3, -0.25) is 4.79 Å². The van der Waals surface area contributed by atoms with Crippen molar-refractivity contribution in [2.24, 2.45) is 0 Å². The summed E-state index contributed by atoms with van der Waals surface area (Å²) in [6.07, 6.45) is 1.36. The van der Waals surface area contributed by atoms with Crippen molar-refractivity contribution in [3.05, 3.63) is 28.2 Å². The second kappa shape index (κ2) is 5.99. The van der Waals surface area contributed by atoms with Crippen molar-refractivity contribution >= 4 is 29.0 Å². The van der Waals surface area contributed by atoms with E-state index in [0.717, 1.165) is 6.42 Å². The van der Waals surface area contributed by atoms with Crippen LogP contribution in [0.1, 0.15) is 19.8 Å². The van der Waals surface area contributed by atoms with Gasteiger partial charge in [-0.05, 0) is 24.6 Å². The number of benzene rings is 1. The Bertz CT molecular complexity index is 350. The normalized spacial score (nSPS) is 10.1. The maximum Gasteiger partial charge on any atom is 0.170 e. The third-order valence-corrected chi connectivity index (χ3v) is 2.34. The van der Waals surface area contributed by atoms with Gasteiger partial charge in [0.1, 0.15) is 12.4 Å². The van der Waals surface area contributed by atoms with Crippen LogP contribution in [0.25, 0.3) is 0 Å². The minimum atomic E-state index is 0.0647. The zero-order valence-electron chi connectivity index (χ0n) is 8.43. The first-order valence-corrected chi connectivity index (χ1v) is 5.48. The molecule has 0 saturated carbocycles. The predicted octanol–water partition coefficient (Wildman–Crippen LogP) is 3.74. The van der Waals surface area contributed by atoms with Crippen LogP contribution in [0.3, 0.4) is 0 Å². The van der Waals surface area contributed by atoms with Gasteiger partial charge in [-0.2, -0.15) is 0 Å². The summed E-state index contributed by atoms with van der Waals surface area (Å²) in [5.74, 6) is 0.564. The lowest BCUT2D eigenvalue weighted by molar-refractivity contribution is -0.121. The summed E-state index contributed by atoms with van der Waals surface area (Å²) < 4.78 is 5.27. The summed E-state index contributed by atoms with van der Waals surface area (Å²) in [6.45, 7) is 2.02. The lowest BCUT2D eigenvalue weighted by atomic mass is 10.2. The molecular weight excluding hydrogens is 235 g/mol. The van der Waals surface area contributed by atoms with Crippen molar-refractivity contribution in [3.63, 3.8) is 0 Å². The third-order valence-electron chi connectivity index (χ3n) is 1.81. The lowest BCUT2D eigenvalue weighted by Crippen LogP contribution is -2.10. The van der Waals surface area contributed by atoms with E-state index in [1.807, 2.05) is 6.92 Å². The molecule has 0 heterocycles. The molecule has 0 aliphatic carbocycles.